The minimum atomic E-state index is 0.735. The molecule has 1 aromatic rings. The predicted octanol–water partition coefficient (Wildman–Crippen LogP) is 2.77. The SMILES string of the molecule is CCC(C)C1=c2cccc(C)c2=CCC1. The highest BCUT2D eigenvalue weighted by molar-refractivity contribution is 5.53. The first-order valence-corrected chi connectivity index (χ1v) is 6.03. The number of hydrogen-bond donors (Lipinski definition) is 0. The Morgan fingerprint density at radius 1 is 1.33 bits per heavy atom. The van der Waals surface area contributed by atoms with E-state index in [9.17, 15) is 0 Å². The standard InChI is InChI=1S/C15H20/c1-4-11(2)13-8-6-9-14-12(3)7-5-10-15(13)14/h5,7,9-11H,4,6,8H2,1-3H3. The highest BCUT2D eigenvalue weighted by Crippen LogP contribution is 2.20. The molecule has 0 nitrogen and oxygen atoms in total. The van der Waals surface area contributed by atoms with Crippen LogP contribution in [0.3, 0.4) is 0 Å². The second-order valence-corrected chi connectivity index (χ2v) is 4.61. The van der Waals surface area contributed by atoms with E-state index in [1.165, 1.54) is 35.3 Å². The van der Waals surface area contributed by atoms with Crippen molar-refractivity contribution in [3.05, 3.63) is 34.2 Å². The predicted molar refractivity (Wildman–Crippen MR) is 67.0 cm³/mol. The summed E-state index contributed by atoms with van der Waals surface area (Å²) in [5.41, 5.74) is 3.09. The maximum absolute atomic E-state index is 2.40. The Labute approximate surface area is 92.3 Å². The smallest absolute Gasteiger partial charge is 0.0190 e. The second kappa shape index (κ2) is 4.22. The Morgan fingerprint density at radius 2 is 2.13 bits per heavy atom. The summed E-state index contributed by atoms with van der Waals surface area (Å²) in [6.07, 6.45) is 6.13. The van der Waals surface area contributed by atoms with Crippen LogP contribution < -0.4 is 10.4 Å². The molecule has 0 saturated heterocycles. The Hall–Kier alpha value is -1.04. The van der Waals surface area contributed by atoms with Crippen molar-refractivity contribution in [3.63, 3.8) is 0 Å². The van der Waals surface area contributed by atoms with Crippen LogP contribution in [0.15, 0.2) is 18.2 Å². The van der Waals surface area contributed by atoms with Crippen LogP contribution in [-0.2, 0) is 0 Å². The molecule has 1 unspecified atom stereocenters. The van der Waals surface area contributed by atoms with Crippen LogP contribution in [-0.4, -0.2) is 0 Å². The van der Waals surface area contributed by atoms with E-state index in [4.69, 9.17) is 0 Å². The monoisotopic (exact) mass is 200 g/mol. The zero-order valence-electron chi connectivity index (χ0n) is 10.0. The van der Waals surface area contributed by atoms with Gasteiger partial charge in [-0.15, -0.1) is 0 Å². The van der Waals surface area contributed by atoms with Crippen molar-refractivity contribution < 1.29 is 0 Å². The Bertz CT molecular complexity index is 465. The molecule has 0 heteroatoms. The van der Waals surface area contributed by atoms with Crippen molar-refractivity contribution in [1.29, 1.82) is 0 Å². The molecule has 1 aliphatic carbocycles. The third kappa shape index (κ3) is 1.86. The summed E-state index contributed by atoms with van der Waals surface area (Å²) >= 11 is 0. The lowest BCUT2D eigenvalue weighted by Gasteiger charge is -2.17. The molecular weight excluding hydrogens is 180 g/mol. The maximum Gasteiger partial charge on any atom is -0.0190 e. The fourth-order valence-corrected chi connectivity index (χ4v) is 2.50. The van der Waals surface area contributed by atoms with Crippen molar-refractivity contribution in [2.24, 2.45) is 5.92 Å². The van der Waals surface area contributed by atoms with E-state index in [1.807, 2.05) is 0 Å². The zero-order valence-corrected chi connectivity index (χ0v) is 10.0. The minimum Gasteiger partial charge on any atom is -0.0761 e. The topological polar surface area (TPSA) is 0 Å². The van der Waals surface area contributed by atoms with Gasteiger partial charge in [0.1, 0.15) is 0 Å². The molecule has 0 amide bonds. The lowest BCUT2D eigenvalue weighted by molar-refractivity contribution is 0.686. The van der Waals surface area contributed by atoms with Crippen LogP contribution in [0.1, 0.15) is 38.7 Å². The number of benzene rings is 1. The van der Waals surface area contributed by atoms with Gasteiger partial charge in [0, 0.05) is 0 Å². The summed E-state index contributed by atoms with van der Waals surface area (Å²) in [7, 11) is 0. The van der Waals surface area contributed by atoms with Crippen molar-refractivity contribution in [2.75, 3.05) is 0 Å². The Kier molecular flexibility index (Phi) is 2.95. The van der Waals surface area contributed by atoms with Gasteiger partial charge in [0.05, 0.1) is 0 Å². The fraction of sp³-hybridized carbons (Fsp3) is 0.467. The molecule has 0 N–H and O–H groups in total. The molecule has 0 heterocycles. The molecule has 1 aromatic carbocycles. The van der Waals surface area contributed by atoms with Gasteiger partial charge in [0.25, 0.3) is 0 Å². The van der Waals surface area contributed by atoms with Crippen LogP contribution in [0.5, 0.6) is 0 Å². The zero-order chi connectivity index (χ0) is 10.8. The highest BCUT2D eigenvalue weighted by atomic mass is 14.2. The number of rotatable bonds is 2. The highest BCUT2D eigenvalue weighted by Gasteiger charge is 2.10. The molecule has 0 bridgehead atoms. The fourth-order valence-electron chi connectivity index (χ4n) is 2.50. The maximum atomic E-state index is 2.40. The van der Waals surface area contributed by atoms with E-state index in [0.717, 1.165) is 5.92 Å². The third-order valence-electron chi connectivity index (χ3n) is 3.64. The van der Waals surface area contributed by atoms with Crippen LogP contribution >= 0.6 is 0 Å². The van der Waals surface area contributed by atoms with E-state index in [1.54, 1.807) is 5.57 Å². The van der Waals surface area contributed by atoms with E-state index < -0.39 is 0 Å². The van der Waals surface area contributed by atoms with Crippen molar-refractivity contribution in [2.45, 2.75) is 40.0 Å². The first-order valence-electron chi connectivity index (χ1n) is 6.03. The van der Waals surface area contributed by atoms with E-state index in [2.05, 4.69) is 45.0 Å². The van der Waals surface area contributed by atoms with Gasteiger partial charge >= 0.3 is 0 Å². The van der Waals surface area contributed by atoms with Crippen molar-refractivity contribution >= 4 is 11.6 Å². The van der Waals surface area contributed by atoms with Gasteiger partial charge in [0.15, 0.2) is 0 Å². The molecule has 0 spiro atoms. The normalized spacial score (nSPS) is 16.9. The number of hydrogen-bond acceptors (Lipinski definition) is 0. The van der Waals surface area contributed by atoms with E-state index in [-0.39, 0.29) is 0 Å². The molecule has 0 aliphatic heterocycles. The summed E-state index contributed by atoms with van der Waals surface area (Å²) in [5, 5.41) is 3.00. The molecule has 80 valence electrons. The molecule has 1 atom stereocenters. The lowest BCUT2D eigenvalue weighted by Crippen LogP contribution is -2.33. The summed E-state index contributed by atoms with van der Waals surface area (Å²) in [5.74, 6) is 0.735. The largest absolute Gasteiger partial charge is 0.0761 e. The molecular formula is C15H20. The quantitative estimate of drug-likeness (QED) is 0.688. The van der Waals surface area contributed by atoms with Gasteiger partial charge in [0.2, 0.25) is 0 Å². The van der Waals surface area contributed by atoms with E-state index >= 15 is 0 Å². The Morgan fingerprint density at radius 3 is 2.87 bits per heavy atom. The first-order chi connectivity index (χ1) is 7.24. The van der Waals surface area contributed by atoms with Gasteiger partial charge in [-0.1, -0.05) is 43.7 Å². The van der Waals surface area contributed by atoms with Gasteiger partial charge in [-0.2, -0.15) is 0 Å². The van der Waals surface area contributed by atoms with Crippen LogP contribution in [0.2, 0.25) is 0 Å². The molecule has 0 radical (unpaired) electrons. The molecule has 1 aliphatic rings. The third-order valence-corrected chi connectivity index (χ3v) is 3.64. The molecule has 2 rings (SSSR count). The van der Waals surface area contributed by atoms with Crippen LogP contribution in [0.4, 0.5) is 0 Å². The summed E-state index contributed by atoms with van der Waals surface area (Å²) < 4.78 is 0. The Balaban J connectivity index is 2.72. The van der Waals surface area contributed by atoms with Crippen LogP contribution in [0.25, 0.3) is 11.6 Å². The average Bonchev–Trinajstić information content (AvgIpc) is 2.28. The van der Waals surface area contributed by atoms with Crippen molar-refractivity contribution in [1.82, 2.24) is 0 Å². The van der Waals surface area contributed by atoms with Gasteiger partial charge in [-0.25, -0.2) is 0 Å². The summed E-state index contributed by atoms with van der Waals surface area (Å²) in [6, 6.07) is 6.70. The lowest BCUT2D eigenvalue weighted by atomic mass is 9.88. The molecule has 15 heavy (non-hydrogen) atoms. The van der Waals surface area contributed by atoms with Gasteiger partial charge < -0.3 is 0 Å². The average molecular weight is 200 g/mol. The summed E-state index contributed by atoms with van der Waals surface area (Å²) in [4.78, 5) is 0. The van der Waals surface area contributed by atoms with Crippen molar-refractivity contribution in [3.8, 4) is 0 Å². The van der Waals surface area contributed by atoms with Gasteiger partial charge in [-0.05, 0) is 48.1 Å². The molecule has 0 saturated carbocycles. The van der Waals surface area contributed by atoms with Crippen LogP contribution in [0, 0.1) is 12.8 Å². The molecule has 0 fully saturated rings. The first kappa shape index (κ1) is 10.5. The molecule has 0 aromatic heterocycles. The van der Waals surface area contributed by atoms with Gasteiger partial charge in [-0.3, -0.25) is 0 Å². The summed E-state index contributed by atoms with van der Waals surface area (Å²) in [6.45, 7) is 6.85. The minimum absolute atomic E-state index is 0.735. The second-order valence-electron chi connectivity index (χ2n) is 4.61. The number of fused-ring (bicyclic) bond motifs is 1. The van der Waals surface area contributed by atoms with E-state index in [0.29, 0.717) is 0 Å². The number of aryl methyl sites for hydroxylation is 1.